The zero-order chi connectivity index (χ0) is 20.3. The standard InChI is InChI=1S/C24H27N5S/c1-19-8-9-22-23(26-19)6-3-7-24(22)28-15-13-27(14-16-28)12-10-20-4-2-5-21(18-20)29-25-11-17-30-29/h2-9,11,17-18,25H,10,12-16H2,1H3. The highest BCUT2D eigenvalue weighted by Crippen LogP contribution is 2.27. The number of anilines is 2. The van der Waals surface area contributed by atoms with Crippen molar-refractivity contribution in [1.82, 2.24) is 15.3 Å². The summed E-state index contributed by atoms with van der Waals surface area (Å²) >= 11 is 1.67. The van der Waals surface area contributed by atoms with Crippen LogP contribution in [0.1, 0.15) is 11.3 Å². The van der Waals surface area contributed by atoms with Gasteiger partial charge in [0.25, 0.3) is 0 Å². The molecule has 0 unspecified atom stereocenters. The first kappa shape index (κ1) is 19.3. The smallest absolute Gasteiger partial charge is 0.0726 e. The van der Waals surface area contributed by atoms with E-state index in [1.54, 1.807) is 11.9 Å². The maximum absolute atomic E-state index is 4.69. The fourth-order valence-corrected chi connectivity index (χ4v) is 4.81. The zero-order valence-electron chi connectivity index (χ0n) is 17.3. The lowest BCUT2D eigenvalue weighted by molar-refractivity contribution is 0.261. The molecule has 0 spiro atoms. The molecule has 0 saturated carbocycles. The molecule has 2 aromatic carbocycles. The molecule has 5 rings (SSSR count). The van der Waals surface area contributed by atoms with Crippen molar-refractivity contribution >= 4 is 34.2 Å². The van der Waals surface area contributed by atoms with Crippen molar-refractivity contribution in [3.05, 3.63) is 77.5 Å². The lowest BCUT2D eigenvalue weighted by Crippen LogP contribution is -2.47. The van der Waals surface area contributed by atoms with Crippen LogP contribution in [0.2, 0.25) is 0 Å². The average Bonchev–Trinajstić information content (AvgIpc) is 3.33. The SMILES string of the molecule is Cc1ccc2c(N3CCN(CCc4cccc(N5NC=CS5)c4)CC3)cccc2n1. The molecular weight excluding hydrogens is 390 g/mol. The van der Waals surface area contributed by atoms with Crippen molar-refractivity contribution in [3.8, 4) is 0 Å². The number of fused-ring (bicyclic) bond motifs is 1. The van der Waals surface area contributed by atoms with Crippen molar-refractivity contribution in [1.29, 1.82) is 0 Å². The van der Waals surface area contributed by atoms with Crippen LogP contribution < -0.4 is 14.7 Å². The molecule has 2 aliphatic heterocycles. The minimum atomic E-state index is 1.06. The predicted molar refractivity (Wildman–Crippen MR) is 128 cm³/mol. The number of rotatable bonds is 5. The zero-order valence-corrected chi connectivity index (χ0v) is 18.1. The van der Waals surface area contributed by atoms with Gasteiger partial charge in [-0.3, -0.25) is 15.3 Å². The van der Waals surface area contributed by atoms with E-state index >= 15 is 0 Å². The average molecular weight is 418 g/mol. The summed E-state index contributed by atoms with van der Waals surface area (Å²) in [6.07, 6.45) is 3.04. The normalized spacial score (nSPS) is 17.0. The van der Waals surface area contributed by atoms with Crippen LogP contribution in [0.15, 0.2) is 66.2 Å². The third-order valence-corrected chi connectivity index (χ3v) is 6.63. The molecule has 0 bridgehead atoms. The second-order valence-corrected chi connectivity index (χ2v) is 8.72. The molecule has 5 nitrogen and oxygen atoms in total. The lowest BCUT2D eigenvalue weighted by Gasteiger charge is -2.36. The maximum Gasteiger partial charge on any atom is 0.0726 e. The van der Waals surface area contributed by atoms with Gasteiger partial charge in [-0.05, 0) is 55.3 Å². The highest BCUT2D eigenvalue weighted by Gasteiger charge is 2.19. The summed E-state index contributed by atoms with van der Waals surface area (Å²) in [6.45, 7) is 7.48. The summed E-state index contributed by atoms with van der Waals surface area (Å²) in [5.74, 6) is 0. The molecule has 0 amide bonds. The molecule has 3 aromatic rings. The number of nitrogens with one attached hydrogen (secondary N) is 1. The van der Waals surface area contributed by atoms with Gasteiger partial charge in [0.15, 0.2) is 0 Å². The molecule has 0 radical (unpaired) electrons. The van der Waals surface area contributed by atoms with Crippen molar-refractivity contribution < 1.29 is 0 Å². The Bertz CT molecular complexity index is 1050. The number of hydrogen-bond acceptors (Lipinski definition) is 6. The van der Waals surface area contributed by atoms with Gasteiger partial charge in [-0.15, -0.1) is 0 Å². The number of aryl methyl sites for hydroxylation is 1. The first-order valence-corrected chi connectivity index (χ1v) is 11.4. The Kier molecular flexibility index (Phi) is 5.51. The fraction of sp³-hybridized carbons (Fsp3) is 0.292. The maximum atomic E-state index is 4.69. The van der Waals surface area contributed by atoms with Crippen LogP contribution in [-0.2, 0) is 6.42 Å². The van der Waals surface area contributed by atoms with Gasteiger partial charge in [0.1, 0.15) is 0 Å². The summed E-state index contributed by atoms with van der Waals surface area (Å²) < 4.78 is 2.09. The van der Waals surface area contributed by atoms with E-state index in [9.17, 15) is 0 Å². The summed E-state index contributed by atoms with van der Waals surface area (Å²) in [6, 6.07) is 19.6. The molecule has 6 heteroatoms. The van der Waals surface area contributed by atoms with E-state index < -0.39 is 0 Å². The van der Waals surface area contributed by atoms with Crippen LogP contribution in [0.4, 0.5) is 11.4 Å². The molecule has 0 aliphatic carbocycles. The van der Waals surface area contributed by atoms with Gasteiger partial charge in [-0.2, -0.15) is 0 Å². The minimum absolute atomic E-state index is 1.06. The molecule has 154 valence electrons. The number of benzene rings is 2. The summed E-state index contributed by atoms with van der Waals surface area (Å²) in [5.41, 5.74) is 9.31. The van der Waals surface area contributed by atoms with E-state index in [-0.39, 0.29) is 0 Å². The number of hydrazine groups is 1. The molecule has 3 heterocycles. The summed E-state index contributed by atoms with van der Waals surface area (Å²) in [4.78, 5) is 9.79. The second kappa shape index (κ2) is 8.58. The second-order valence-electron chi connectivity index (χ2n) is 7.88. The molecule has 0 atom stereocenters. The highest BCUT2D eigenvalue weighted by atomic mass is 32.2. The van der Waals surface area contributed by atoms with Gasteiger partial charge in [0.05, 0.1) is 11.2 Å². The van der Waals surface area contributed by atoms with Crippen LogP contribution in [0.25, 0.3) is 10.9 Å². The van der Waals surface area contributed by atoms with Crippen LogP contribution in [0.3, 0.4) is 0 Å². The molecule has 1 N–H and O–H groups in total. The number of piperazine rings is 1. The van der Waals surface area contributed by atoms with Crippen molar-refractivity contribution in [2.75, 3.05) is 42.0 Å². The van der Waals surface area contributed by atoms with Crippen molar-refractivity contribution in [2.24, 2.45) is 0 Å². The third kappa shape index (κ3) is 4.11. The van der Waals surface area contributed by atoms with Crippen molar-refractivity contribution in [3.63, 3.8) is 0 Å². The Balaban J connectivity index is 1.19. The topological polar surface area (TPSA) is 34.6 Å². The largest absolute Gasteiger partial charge is 0.368 e. The number of aromatic nitrogens is 1. The number of hydrogen-bond donors (Lipinski definition) is 1. The van der Waals surface area contributed by atoms with E-state index in [2.05, 4.69) is 86.6 Å². The highest BCUT2D eigenvalue weighted by molar-refractivity contribution is 8.03. The molecule has 1 saturated heterocycles. The van der Waals surface area contributed by atoms with E-state index in [4.69, 9.17) is 4.98 Å². The van der Waals surface area contributed by atoms with Crippen LogP contribution in [0, 0.1) is 6.92 Å². The summed E-state index contributed by atoms with van der Waals surface area (Å²) in [7, 11) is 0. The Morgan fingerprint density at radius 1 is 1.00 bits per heavy atom. The number of pyridine rings is 1. The Labute approximate surface area is 182 Å². The molecule has 1 aromatic heterocycles. The predicted octanol–water partition coefficient (Wildman–Crippen LogP) is 4.35. The van der Waals surface area contributed by atoms with Gasteiger partial charge >= 0.3 is 0 Å². The van der Waals surface area contributed by atoms with Gasteiger partial charge < -0.3 is 4.90 Å². The van der Waals surface area contributed by atoms with Crippen molar-refractivity contribution in [2.45, 2.75) is 13.3 Å². The summed E-state index contributed by atoms with van der Waals surface area (Å²) in [5, 5.41) is 3.32. The van der Waals surface area contributed by atoms with E-state index in [0.29, 0.717) is 0 Å². The van der Waals surface area contributed by atoms with E-state index in [1.165, 1.54) is 22.3 Å². The third-order valence-electron chi connectivity index (χ3n) is 5.85. The molecular formula is C24H27N5S. The number of nitrogens with zero attached hydrogens (tertiary/aromatic N) is 4. The first-order chi connectivity index (χ1) is 14.8. The van der Waals surface area contributed by atoms with Crippen LogP contribution >= 0.6 is 11.9 Å². The lowest BCUT2D eigenvalue weighted by atomic mass is 10.1. The van der Waals surface area contributed by atoms with Gasteiger partial charge in [-0.25, -0.2) is 4.41 Å². The van der Waals surface area contributed by atoms with Crippen LogP contribution in [0.5, 0.6) is 0 Å². The fourth-order valence-electron chi connectivity index (χ4n) is 4.21. The Morgan fingerprint density at radius 2 is 1.87 bits per heavy atom. The Hall–Kier alpha value is -2.70. The van der Waals surface area contributed by atoms with E-state index in [0.717, 1.165) is 50.4 Å². The Morgan fingerprint density at radius 3 is 2.70 bits per heavy atom. The minimum Gasteiger partial charge on any atom is -0.368 e. The van der Waals surface area contributed by atoms with Gasteiger partial charge in [0.2, 0.25) is 0 Å². The molecule has 1 fully saturated rings. The molecule has 30 heavy (non-hydrogen) atoms. The quantitative estimate of drug-likeness (QED) is 0.622. The van der Waals surface area contributed by atoms with Gasteiger partial charge in [-0.1, -0.05) is 18.2 Å². The first-order valence-electron chi connectivity index (χ1n) is 10.6. The van der Waals surface area contributed by atoms with E-state index in [1.807, 2.05) is 6.20 Å². The monoisotopic (exact) mass is 417 g/mol. The van der Waals surface area contributed by atoms with Gasteiger partial charge in [0, 0.05) is 73.0 Å². The van der Waals surface area contributed by atoms with Crippen LogP contribution in [-0.4, -0.2) is 42.6 Å². The molecule has 2 aliphatic rings.